The van der Waals surface area contributed by atoms with Crippen molar-refractivity contribution in [1.82, 2.24) is 19.8 Å². The van der Waals surface area contributed by atoms with Crippen LogP contribution in [0.4, 0.5) is 29.3 Å². The predicted molar refractivity (Wildman–Crippen MR) is 145 cm³/mol. The number of anilines is 2. The number of piperazine rings is 1. The molecule has 3 aliphatic rings. The highest BCUT2D eigenvalue weighted by molar-refractivity contribution is 6.29. The maximum absolute atomic E-state index is 14.0. The van der Waals surface area contributed by atoms with E-state index in [1.165, 1.54) is 36.2 Å². The Hall–Kier alpha value is -3.41. The third kappa shape index (κ3) is 6.01. The number of amides is 2. The summed E-state index contributed by atoms with van der Waals surface area (Å²) < 4.78 is 47.8. The van der Waals surface area contributed by atoms with E-state index >= 15 is 0 Å². The second-order valence-corrected chi connectivity index (χ2v) is 10.7. The quantitative estimate of drug-likeness (QED) is 0.376. The van der Waals surface area contributed by atoms with Crippen LogP contribution in [0.3, 0.4) is 0 Å². The number of halogens is 4. The zero-order valence-electron chi connectivity index (χ0n) is 21.6. The van der Waals surface area contributed by atoms with E-state index in [1.807, 2.05) is 0 Å². The highest BCUT2D eigenvalue weighted by atomic mass is 35.5. The molecule has 40 heavy (non-hydrogen) atoms. The summed E-state index contributed by atoms with van der Waals surface area (Å²) in [6.07, 6.45) is -0.209. The lowest BCUT2D eigenvalue weighted by molar-refractivity contribution is -0.138. The van der Waals surface area contributed by atoms with Gasteiger partial charge in [0.25, 0.3) is 0 Å². The van der Waals surface area contributed by atoms with E-state index < -0.39 is 17.8 Å². The molecule has 12 heteroatoms. The zero-order chi connectivity index (χ0) is 27.9. The number of alkyl halides is 3. The Morgan fingerprint density at radius 1 is 1.02 bits per heavy atom. The van der Waals surface area contributed by atoms with E-state index in [2.05, 4.69) is 25.1 Å². The fourth-order valence-corrected chi connectivity index (χ4v) is 5.50. The molecule has 2 aliphatic heterocycles. The number of fused-ring (bicyclic) bond motifs is 1. The number of carbonyl (C=O) groups excluding carboxylic acids is 1. The molecule has 1 saturated heterocycles. The molecule has 2 amide bonds. The molecule has 210 valence electrons. The van der Waals surface area contributed by atoms with Crippen LogP contribution in [0.2, 0.25) is 5.15 Å². The molecule has 6 rings (SSSR count). The van der Waals surface area contributed by atoms with Gasteiger partial charge < -0.3 is 10.1 Å². The van der Waals surface area contributed by atoms with Crippen molar-refractivity contribution in [2.75, 3.05) is 42.9 Å². The van der Waals surface area contributed by atoms with Gasteiger partial charge in [0.1, 0.15) is 17.2 Å². The molecule has 8 nitrogen and oxygen atoms in total. The fraction of sp³-hybridized carbons (Fsp3) is 0.393. The van der Waals surface area contributed by atoms with Gasteiger partial charge in [-0.05, 0) is 60.7 Å². The Labute approximate surface area is 234 Å². The van der Waals surface area contributed by atoms with Crippen molar-refractivity contribution in [1.29, 1.82) is 0 Å². The van der Waals surface area contributed by atoms with Crippen LogP contribution in [0.5, 0.6) is 11.6 Å². The first-order valence-electron chi connectivity index (χ1n) is 13.3. The number of aromatic nitrogens is 2. The van der Waals surface area contributed by atoms with Crippen LogP contribution >= 0.6 is 11.6 Å². The summed E-state index contributed by atoms with van der Waals surface area (Å²) >= 11 is 5.88. The highest BCUT2D eigenvalue weighted by Crippen LogP contribution is 2.36. The SMILES string of the molecule is O=C(Nc1ccc(CN2CCN(C3CC3)CC2)c(C(F)(F)F)c1)N1CCc2cc(Oc3cc(Cl)ncn3)ccc21. The first-order chi connectivity index (χ1) is 19.2. The van der Waals surface area contributed by atoms with E-state index in [0.29, 0.717) is 30.4 Å². The van der Waals surface area contributed by atoms with Gasteiger partial charge in [-0.25, -0.2) is 14.8 Å². The summed E-state index contributed by atoms with van der Waals surface area (Å²) in [5.41, 5.74) is 1.15. The number of rotatable bonds is 6. The molecule has 1 aliphatic carbocycles. The highest BCUT2D eigenvalue weighted by Gasteiger charge is 2.36. The Kier molecular flexibility index (Phi) is 7.28. The number of hydrogen-bond acceptors (Lipinski definition) is 6. The summed E-state index contributed by atoms with van der Waals surface area (Å²) in [7, 11) is 0. The molecule has 0 unspecified atom stereocenters. The van der Waals surface area contributed by atoms with E-state index in [1.54, 1.807) is 24.3 Å². The molecule has 2 fully saturated rings. The summed E-state index contributed by atoms with van der Waals surface area (Å²) in [5, 5.41) is 2.91. The van der Waals surface area contributed by atoms with Crippen molar-refractivity contribution in [2.24, 2.45) is 0 Å². The Balaban J connectivity index is 1.12. The van der Waals surface area contributed by atoms with Gasteiger partial charge in [0.05, 0.1) is 5.56 Å². The van der Waals surface area contributed by atoms with Gasteiger partial charge in [0.2, 0.25) is 5.88 Å². The van der Waals surface area contributed by atoms with Crippen LogP contribution in [0.25, 0.3) is 0 Å². The third-order valence-corrected chi connectivity index (χ3v) is 7.76. The average molecular weight is 573 g/mol. The molecule has 3 heterocycles. The lowest BCUT2D eigenvalue weighted by Crippen LogP contribution is -2.46. The lowest BCUT2D eigenvalue weighted by atomic mass is 10.0. The number of carbonyl (C=O) groups is 1. The van der Waals surface area contributed by atoms with Gasteiger partial charge in [0.15, 0.2) is 0 Å². The molecule has 1 saturated carbocycles. The van der Waals surface area contributed by atoms with Crippen LogP contribution in [0.15, 0.2) is 48.8 Å². The molecule has 0 radical (unpaired) electrons. The molecule has 1 N–H and O–H groups in total. The second kappa shape index (κ2) is 10.9. The van der Waals surface area contributed by atoms with Crippen molar-refractivity contribution in [3.63, 3.8) is 0 Å². The van der Waals surface area contributed by atoms with Gasteiger partial charge in [-0.2, -0.15) is 13.2 Å². The minimum absolute atomic E-state index is 0.105. The van der Waals surface area contributed by atoms with E-state index in [0.717, 1.165) is 37.8 Å². The van der Waals surface area contributed by atoms with Gasteiger partial charge in [-0.15, -0.1) is 0 Å². The van der Waals surface area contributed by atoms with Gasteiger partial charge in [-0.3, -0.25) is 14.7 Å². The fourth-order valence-electron chi connectivity index (χ4n) is 5.36. The average Bonchev–Trinajstić information content (AvgIpc) is 3.68. The van der Waals surface area contributed by atoms with Crippen LogP contribution in [-0.4, -0.2) is 64.6 Å². The van der Waals surface area contributed by atoms with E-state index in [-0.39, 0.29) is 28.8 Å². The Morgan fingerprint density at radius 2 is 1.82 bits per heavy atom. The topological polar surface area (TPSA) is 73.8 Å². The smallest absolute Gasteiger partial charge is 0.416 e. The Bertz CT molecular complexity index is 1410. The van der Waals surface area contributed by atoms with Gasteiger partial charge >= 0.3 is 12.2 Å². The lowest BCUT2D eigenvalue weighted by Gasteiger charge is -2.35. The molecule has 0 atom stereocenters. The molecule has 0 spiro atoms. The number of hydrogen-bond donors (Lipinski definition) is 1. The first-order valence-corrected chi connectivity index (χ1v) is 13.6. The molecule has 1 aromatic heterocycles. The van der Waals surface area contributed by atoms with Gasteiger partial charge in [0, 0.05) is 62.8 Å². The minimum atomic E-state index is -4.53. The predicted octanol–water partition coefficient (Wildman–Crippen LogP) is 5.82. The first kappa shape index (κ1) is 26.8. The largest absolute Gasteiger partial charge is 0.439 e. The number of nitrogens with one attached hydrogen (secondary N) is 1. The monoisotopic (exact) mass is 572 g/mol. The van der Waals surface area contributed by atoms with Gasteiger partial charge in [-0.1, -0.05) is 17.7 Å². The number of ether oxygens (including phenoxy) is 1. The standard InChI is InChI=1S/C28H28ClF3N6O2/c29-25-15-26(34-17-33-25)40-22-5-6-24-18(13-22)7-8-38(24)27(39)35-20-2-1-19(23(14-20)28(30,31)32)16-36-9-11-37(12-10-36)21-3-4-21/h1-2,5-6,13-15,17,21H,3-4,7-12,16H2,(H,35,39). The van der Waals surface area contributed by atoms with E-state index in [9.17, 15) is 18.0 Å². The van der Waals surface area contributed by atoms with Crippen LogP contribution in [0, 0.1) is 0 Å². The summed E-state index contributed by atoms with van der Waals surface area (Å²) in [4.78, 5) is 27.0. The number of benzene rings is 2. The van der Waals surface area contributed by atoms with Crippen molar-refractivity contribution >= 4 is 29.0 Å². The molecule has 2 aromatic carbocycles. The summed E-state index contributed by atoms with van der Waals surface area (Å²) in [5.74, 6) is 0.812. The van der Waals surface area contributed by atoms with Crippen molar-refractivity contribution < 1.29 is 22.7 Å². The molecular weight excluding hydrogens is 545 g/mol. The zero-order valence-corrected chi connectivity index (χ0v) is 22.4. The molecule has 3 aromatic rings. The second-order valence-electron chi connectivity index (χ2n) is 10.3. The summed E-state index contributed by atoms with van der Waals surface area (Å²) in [6, 6.07) is 11.0. The normalized spacial score (nSPS) is 18.1. The summed E-state index contributed by atoms with van der Waals surface area (Å²) in [6.45, 7) is 3.90. The number of urea groups is 1. The maximum atomic E-state index is 14.0. The van der Waals surface area contributed by atoms with Crippen molar-refractivity contribution in [3.05, 3.63) is 70.6 Å². The maximum Gasteiger partial charge on any atom is 0.416 e. The van der Waals surface area contributed by atoms with Crippen molar-refractivity contribution in [3.8, 4) is 11.6 Å². The van der Waals surface area contributed by atoms with Crippen LogP contribution in [-0.2, 0) is 19.1 Å². The van der Waals surface area contributed by atoms with Crippen LogP contribution < -0.4 is 15.0 Å². The van der Waals surface area contributed by atoms with E-state index in [4.69, 9.17) is 16.3 Å². The van der Waals surface area contributed by atoms with Crippen molar-refractivity contribution in [2.45, 2.75) is 38.0 Å². The third-order valence-electron chi connectivity index (χ3n) is 7.55. The number of nitrogens with zero attached hydrogens (tertiary/aromatic N) is 5. The molecular formula is C28H28ClF3N6O2. The van der Waals surface area contributed by atoms with Crippen LogP contribution in [0.1, 0.15) is 29.5 Å². The Morgan fingerprint density at radius 3 is 2.55 bits per heavy atom. The minimum Gasteiger partial charge on any atom is -0.439 e. The molecule has 0 bridgehead atoms.